The Hall–Kier alpha value is -3.59. The van der Waals surface area contributed by atoms with Crippen molar-refractivity contribution in [2.45, 2.75) is 33.7 Å². The van der Waals surface area contributed by atoms with Crippen molar-refractivity contribution in [1.29, 1.82) is 0 Å². The number of nitrogen functional groups attached to an aromatic ring is 1. The first-order valence-electron chi connectivity index (χ1n) is 10.7. The van der Waals surface area contributed by atoms with Gasteiger partial charge in [-0.15, -0.1) is 0 Å². The van der Waals surface area contributed by atoms with E-state index >= 15 is 0 Å². The van der Waals surface area contributed by atoms with Crippen molar-refractivity contribution in [3.05, 3.63) is 69.6 Å². The van der Waals surface area contributed by atoms with Crippen molar-refractivity contribution in [1.82, 2.24) is 25.1 Å². The fraction of sp³-hybridized carbons (Fsp3) is 0.250. The number of carbonyl (C=O) groups is 1. The lowest BCUT2D eigenvalue weighted by Crippen LogP contribution is -2.25. The lowest BCUT2D eigenvalue weighted by molar-refractivity contribution is 0.0955. The highest BCUT2D eigenvalue weighted by atomic mass is 35.5. The second kappa shape index (κ2) is 8.98. The second-order valence-corrected chi connectivity index (χ2v) is 8.41. The van der Waals surface area contributed by atoms with Crippen molar-refractivity contribution in [3.63, 3.8) is 0 Å². The van der Waals surface area contributed by atoms with Crippen LogP contribution >= 0.6 is 11.6 Å². The van der Waals surface area contributed by atoms with Crippen molar-refractivity contribution >= 4 is 34.4 Å². The maximum Gasteiger partial charge on any atom is 0.252 e. The highest BCUT2D eigenvalue weighted by Crippen LogP contribution is 2.40. The summed E-state index contributed by atoms with van der Waals surface area (Å²) in [4.78, 5) is 21.5. The van der Waals surface area contributed by atoms with Gasteiger partial charge in [0.05, 0.1) is 22.7 Å². The van der Waals surface area contributed by atoms with Crippen LogP contribution in [0.1, 0.15) is 47.1 Å². The molecule has 0 bridgehead atoms. The number of anilines is 1. The van der Waals surface area contributed by atoms with Gasteiger partial charge in [-0.25, -0.2) is 23.4 Å². The van der Waals surface area contributed by atoms with E-state index in [-0.39, 0.29) is 11.1 Å². The van der Waals surface area contributed by atoms with Crippen LogP contribution in [0.3, 0.4) is 0 Å². The fourth-order valence-corrected chi connectivity index (χ4v) is 4.42. The number of fused-ring (bicyclic) bond motifs is 1. The van der Waals surface area contributed by atoms with Gasteiger partial charge in [-0.1, -0.05) is 11.6 Å². The lowest BCUT2D eigenvalue weighted by atomic mass is 9.87. The summed E-state index contributed by atoms with van der Waals surface area (Å²) in [6.45, 7) is 7.47. The van der Waals surface area contributed by atoms with Gasteiger partial charge in [0.15, 0.2) is 5.65 Å². The third-order valence-electron chi connectivity index (χ3n) is 5.78. The van der Waals surface area contributed by atoms with Crippen LogP contribution in [0.15, 0.2) is 30.6 Å². The molecular weight excluding hydrogens is 462 g/mol. The molecule has 2 heterocycles. The summed E-state index contributed by atoms with van der Waals surface area (Å²) in [5, 5.41) is 8.32. The molecule has 0 saturated heterocycles. The molecule has 34 heavy (non-hydrogen) atoms. The molecular formula is C24H23ClF2N6O. The number of aryl methyl sites for hydroxylation is 1. The SMILES string of the molecule is CCNC(=O)c1c(C)c(Cl)cc(C(C)n2nc(C)c3c(N)ncnc32)c1-c1cc(F)cc(F)c1. The summed E-state index contributed by atoms with van der Waals surface area (Å²) in [5.41, 5.74) is 9.01. The third-order valence-corrected chi connectivity index (χ3v) is 6.17. The van der Waals surface area contributed by atoms with Gasteiger partial charge in [0.25, 0.3) is 5.91 Å². The summed E-state index contributed by atoms with van der Waals surface area (Å²) >= 11 is 6.56. The Morgan fingerprint density at radius 3 is 2.50 bits per heavy atom. The lowest BCUT2D eigenvalue weighted by Gasteiger charge is -2.23. The van der Waals surface area contributed by atoms with Crippen molar-refractivity contribution in [2.24, 2.45) is 0 Å². The normalized spacial score (nSPS) is 12.2. The number of aromatic nitrogens is 4. The monoisotopic (exact) mass is 484 g/mol. The number of rotatable bonds is 5. The van der Waals surface area contributed by atoms with Crippen LogP contribution in [-0.2, 0) is 0 Å². The summed E-state index contributed by atoms with van der Waals surface area (Å²) in [6, 6.07) is 4.33. The summed E-state index contributed by atoms with van der Waals surface area (Å²) < 4.78 is 30.2. The van der Waals surface area contributed by atoms with Gasteiger partial charge in [0.2, 0.25) is 0 Å². The molecule has 10 heteroatoms. The highest BCUT2D eigenvalue weighted by molar-refractivity contribution is 6.32. The Morgan fingerprint density at radius 2 is 1.85 bits per heavy atom. The zero-order valence-corrected chi connectivity index (χ0v) is 19.8. The molecule has 4 rings (SSSR count). The minimum absolute atomic E-state index is 0.211. The van der Waals surface area contributed by atoms with Crippen LogP contribution in [0.25, 0.3) is 22.2 Å². The van der Waals surface area contributed by atoms with Crippen LogP contribution in [0.4, 0.5) is 14.6 Å². The largest absolute Gasteiger partial charge is 0.383 e. The molecule has 3 N–H and O–H groups in total. The Balaban J connectivity index is 2.07. The predicted molar refractivity (Wildman–Crippen MR) is 128 cm³/mol. The Labute approximate surface area is 200 Å². The maximum absolute atomic E-state index is 14.3. The highest BCUT2D eigenvalue weighted by Gasteiger charge is 2.27. The van der Waals surface area contributed by atoms with E-state index in [1.807, 2.05) is 6.92 Å². The summed E-state index contributed by atoms with van der Waals surface area (Å²) in [5.74, 6) is -1.63. The number of carbonyl (C=O) groups excluding carboxylic acids is 1. The first kappa shape index (κ1) is 23.6. The van der Waals surface area contributed by atoms with E-state index in [9.17, 15) is 13.6 Å². The number of nitrogens with two attached hydrogens (primary N) is 1. The summed E-state index contributed by atoms with van der Waals surface area (Å²) in [6.07, 6.45) is 1.34. The van der Waals surface area contributed by atoms with Crippen molar-refractivity contribution < 1.29 is 13.6 Å². The van der Waals surface area contributed by atoms with Gasteiger partial charge in [-0.3, -0.25) is 4.79 Å². The zero-order valence-electron chi connectivity index (χ0n) is 19.1. The average Bonchev–Trinajstić information content (AvgIpc) is 3.11. The van der Waals surface area contributed by atoms with E-state index in [4.69, 9.17) is 17.3 Å². The number of hydrogen-bond acceptors (Lipinski definition) is 5. The molecule has 0 aliphatic carbocycles. The van der Waals surface area contributed by atoms with Crippen LogP contribution in [0.2, 0.25) is 5.02 Å². The van der Waals surface area contributed by atoms with E-state index in [0.717, 1.165) is 6.07 Å². The standard InChI is InChI=1S/C24H23ClF2N6O/c1-5-29-24(34)19-11(2)18(25)9-17(21(19)14-6-15(26)8-16(27)7-14)13(4)33-23-20(12(3)32-33)22(28)30-10-31-23/h6-10,13H,5H2,1-4H3,(H,29,34)(H2,28,30,31). The maximum atomic E-state index is 14.3. The van der Waals surface area contributed by atoms with Gasteiger partial charge < -0.3 is 11.1 Å². The predicted octanol–water partition coefficient (Wildman–Crippen LogP) is 4.98. The third kappa shape index (κ3) is 3.96. The molecule has 176 valence electrons. The van der Waals surface area contributed by atoms with Crippen molar-refractivity contribution in [3.8, 4) is 11.1 Å². The molecule has 0 aliphatic heterocycles. The minimum Gasteiger partial charge on any atom is -0.383 e. The van der Waals surface area contributed by atoms with Crippen molar-refractivity contribution in [2.75, 3.05) is 12.3 Å². The Bertz CT molecular complexity index is 1410. The molecule has 2 aromatic heterocycles. The van der Waals surface area contributed by atoms with Gasteiger partial charge in [-0.05, 0) is 62.6 Å². The van der Waals surface area contributed by atoms with Crippen LogP contribution in [0.5, 0.6) is 0 Å². The number of nitrogens with one attached hydrogen (secondary N) is 1. The van der Waals surface area contributed by atoms with Crippen LogP contribution < -0.4 is 11.1 Å². The molecule has 0 fully saturated rings. The quantitative estimate of drug-likeness (QED) is 0.416. The number of nitrogens with zero attached hydrogens (tertiary/aromatic N) is 4. The second-order valence-electron chi connectivity index (χ2n) is 8.00. The van der Waals surface area contributed by atoms with Crippen LogP contribution in [-0.4, -0.2) is 32.2 Å². The molecule has 1 atom stereocenters. The molecule has 0 aliphatic rings. The Morgan fingerprint density at radius 1 is 1.18 bits per heavy atom. The van der Waals surface area contributed by atoms with Gasteiger partial charge in [-0.2, -0.15) is 5.10 Å². The van der Waals surface area contributed by atoms with Crippen LogP contribution in [0, 0.1) is 25.5 Å². The first-order chi connectivity index (χ1) is 16.1. The molecule has 0 radical (unpaired) electrons. The average molecular weight is 485 g/mol. The van der Waals surface area contributed by atoms with E-state index < -0.39 is 23.6 Å². The van der Waals surface area contributed by atoms with E-state index in [2.05, 4.69) is 20.4 Å². The fourth-order valence-electron chi connectivity index (χ4n) is 4.21. The molecule has 0 spiro atoms. The molecule has 4 aromatic rings. The molecule has 7 nitrogen and oxygen atoms in total. The number of hydrogen-bond donors (Lipinski definition) is 2. The molecule has 0 saturated carbocycles. The topological polar surface area (TPSA) is 98.7 Å². The van der Waals surface area contributed by atoms with E-state index in [0.29, 0.717) is 50.8 Å². The number of benzene rings is 2. The number of halogens is 3. The van der Waals surface area contributed by atoms with Gasteiger partial charge >= 0.3 is 0 Å². The smallest absolute Gasteiger partial charge is 0.252 e. The zero-order chi connectivity index (χ0) is 24.7. The molecule has 1 unspecified atom stereocenters. The molecule has 2 aromatic carbocycles. The first-order valence-corrected chi connectivity index (χ1v) is 11.0. The van der Waals surface area contributed by atoms with Gasteiger partial charge in [0.1, 0.15) is 23.8 Å². The summed E-state index contributed by atoms with van der Waals surface area (Å²) in [7, 11) is 0. The minimum atomic E-state index is -0.760. The van der Waals surface area contributed by atoms with Gasteiger partial charge in [0, 0.05) is 23.2 Å². The van der Waals surface area contributed by atoms with E-state index in [1.165, 1.54) is 18.5 Å². The number of amides is 1. The van der Waals surface area contributed by atoms with E-state index in [1.54, 1.807) is 31.5 Å². The molecule has 1 amide bonds. The Kier molecular flexibility index (Phi) is 6.22.